The second-order valence-electron chi connectivity index (χ2n) is 4.32. The van der Waals surface area contributed by atoms with E-state index in [0.717, 1.165) is 0 Å². The molecule has 0 saturated heterocycles. The number of nitrogen functional groups attached to an aromatic ring is 1. The van der Waals surface area contributed by atoms with Gasteiger partial charge in [0.05, 0.1) is 35.8 Å². The zero-order valence-corrected chi connectivity index (χ0v) is 11.4. The van der Waals surface area contributed by atoms with E-state index in [9.17, 15) is 4.79 Å². The number of methoxy groups -OCH3 is 1. The lowest BCUT2D eigenvalue weighted by Crippen LogP contribution is -2.11. The maximum absolute atomic E-state index is 11.2. The standard InChI is InChI=1S/C15H14N4O2/c1-21-14-6-9(8-16)2-5-12(14)19-13-7-10(15(18)20)3-4-11(13)17/h2-7,19H,17H2,1H3,(H2,18,20). The molecule has 0 heterocycles. The number of benzene rings is 2. The van der Waals surface area contributed by atoms with Crippen LogP contribution in [0.15, 0.2) is 36.4 Å². The summed E-state index contributed by atoms with van der Waals surface area (Å²) >= 11 is 0. The smallest absolute Gasteiger partial charge is 0.248 e. The fraction of sp³-hybridized carbons (Fsp3) is 0.0667. The van der Waals surface area contributed by atoms with E-state index in [0.29, 0.717) is 33.9 Å². The van der Waals surface area contributed by atoms with Crippen LogP contribution in [0, 0.1) is 11.3 Å². The molecular formula is C15H14N4O2. The molecule has 0 aliphatic carbocycles. The molecule has 0 atom stereocenters. The maximum Gasteiger partial charge on any atom is 0.248 e. The molecule has 2 rings (SSSR count). The Hall–Kier alpha value is -3.20. The zero-order chi connectivity index (χ0) is 15.4. The van der Waals surface area contributed by atoms with Crippen molar-refractivity contribution in [1.82, 2.24) is 0 Å². The highest BCUT2D eigenvalue weighted by molar-refractivity contribution is 5.95. The van der Waals surface area contributed by atoms with Gasteiger partial charge in [-0.25, -0.2) is 0 Å². The predicted octanol–water partition coefficient (Wildman–Crippen LogP) is 1.99. The number of amides is 1. The Labute approximate surface area is 121 Å². The van der Waals surface area contributed by atoms with Crippen LogP contribution in [0.25, 0.3) is 0 Å². The van der Waals surface area contributed by atoms with Gasteiger partial charge in [0.1, 0.15) is 5.75 Å². The van der Waals surface area contributed by atoms with E-state index in [1.807, 2.05) is 6.07 Å². The number of primary amides is 1. The van der Waals surface area contributed by atoms with Crippen molar-refractivity contribution in [1.29, 1.82) is 5.26 Å². The van der Waals surface area contributed by atoms with Crippen molar-refractivity contribution < 1.29 is 9.53 Å². The molecule has 2 aromatic rings. The van der Waals surface area contributed by atoms with Gasteiger partial charge in [0.25, 0.3) is 0 Å². The average molecular weight is 282 g/mol. The van der Waals surface area contributed by atoms with Crippen molar-refractivity contribution >= 4 is 23.0 Å². The number of hydrogen-bond donors (Lipinski definition) is 3. The van der Waals surface area contributed by atoms with Crippen molar-refractivity contribution in [3.63, 3.8) is 0 Å². The third-order valence-electron chi connectivity index (χ3n) is 2.94. The van der Waals surface area contributed by atoms with Crippen molar-refractivity contribution in [3.8, 4) is 11.8 Å². The Bertz CT molecular complexity index is 735. The Morgan fingerprint density at radius 3 is 2.62 bits per heavy atom. The Morgan fingerprint density at radius 2 is 2.00 bits per heavy atom. The number of nitrogens with zero attached hydrogens (tertiary/aromatic N) is 1. The van der Waals surface area contributed by atoms with E-state index >= 15 is 0 Å². The predicted molar refractivity (Wildman–Crippen MR) is 80.4 cm³/mol. The van der Waals surface area contributed by atoms with E-state index in [4.69, 9.17) is 21.5 Å². The van der Waals surface area contributed by atoms with Gasteiger partial charge in [0.15, 0.2) is 0 Å². The molecule has 1 amide bonds. The fourth-order valence-corrected chi connectivity index (χ4v) is 1.83. The van der Waals surface area contributed by atoms with E-state index < -0.39 is 5.91 Å². The first kappa shape index (κ1) is 14.2. The van der Waals surface area contributed by atoms with Crippen LogP contribution in [0.4, 0.5) is 17.1 Å². The molecule has 2 aromatic carbocycles. The van der Waals surface area contributed by atoms with Crippen LogP contribution in [0.1, 0.15) is 15.9 Å². The lowest BCUT2D eigenvalue weighted by atomic mass is 10.1. The van der Waals surface area contributed by atoms with E-state index in [2.05, 4.69) is 5.32 Å². The molecule has 21 heavy (non-hydrogen) atoms. The van der Waals surface area contributed by atoms with Gasteiger partial charge in [-0.05, 0) is 30.3 Å². The highest BCUT2D eigenvalue weighted by Gasteiger charge is 2.09. The van der Waals surface area contributed by atoms with Crippen molar-refractivity contribution in [2.75, 3.05) is 18.2 Å². The molecule has 0 radical (unpaired) electrons. The summed E-state index contributed by atoms with van der Waals surface area (Å²) in [6, 6.07) is 11.7. The number of ether oxygens (including phenoxy) is 1. The van der Waals surface area contributed by atoms with E-state index in [-0.39, 0.29) is 0 Å². The van der Waals surface area contributed by atoms with Gasteiger partial charge in [0.2, 0.25) is 5.91 Å². The molecule has 0 bridgehead atoms. The van der Waals surface area contributed by atoms with Crippen LogP contribution < -0.4 is 21.5 Å². The van der Waals surface area contributed by atoms with Crippen LogP contribution >= 0.6 is 0 Å². The third-order valence-corrected chi connectivity index (χ3v) is 2.94. The van der Waals surface area contributed by atoms with Crippen LogP contribution in [-0.4, -0.2) is 13.0 Å². The summed E-state index contributed by atoms with van der Waals surface area (Å²) in [4.78, 5) is 11.2. The van der Waals surface area contributed by atoms with Gasteiger partial charge in [-0.1, -0.05) is 0 Å². The van der Waals surface area contributed by atoms with Crippen LogP contribution in [0.5, 0.6) is 5.75 Å². The average Bonchev–Trinajstić information content (AvgIpc) is 2.49. The summed E-state index contributed by atoms with van der Waals surface area (Å²) in [5.74, 6) is -0.0391. The number of nitriles is 1. The van der Waals surface area contributed by atoms with Crippen molar-refractivity contribution in [3.05, 3.63) is 47.5 Å². The molecule has 0 saturated carbocycles. The summed E-state index contributed by atoms with van der Waals surface area (Å²) in [5, 5.41) is 12.0. The van der Waals surface area contributed by atoms with Gasteiger partial charge < -0.3 is 21.5 Å². The molecule has 106 valence electrons. The quantitative estimate of drug-likeness (QED) is 0.742. The first-order valence-corrected chi connectivity index (χ1v) is 6.09. The Morgan fingerprint density at radius 1 is 1.24 bits per heavy atom. The van der Waals surface area contributed by atoms with Gasteiger partial charge >= 0.3 is 0 Å². The monoisotopic (exact) mass is 282 g/mol. The summed E-state index contributed by atoms with van der Waals surface area (Å²) < 4.78 is 5.23. The molecule has 0 aromatic heterocycles. The summed E-state index contributed by atoms with van der Waals surface area (Å²) in [7, 11) is 1.50. The zero-order valence-electron chi connectivity index (χ0n) is 11.4. The van der Waals surface area contributed by atoms with Gasteiger partial charge in [-0.2, -0.15) is 5.26 Å². The molecule has 0 aliphatic rings. The molecule has 0 spiro atoms. The molecule has 0 aliphatic heterocycles. The first-order valence-electron chi connectivity index (χ1n) is 6.09. The van der Waals surface area contributed by atoms with Crippen molar-refractivity contribution in [2.24, 2.45) is 5.73 Å². The number of hydrogen-bond acceptors (Lipinski definition) is 5. The Balaban J connectivity index is 2.40. The lowest BCUT2D eigenvalue weighted by Gasteiger charge is -2.13. The highest BCUT2D eigenvalue weighted by Crippen LogP contribution is 2.31. The minimum atomic E-state index is -0.537. The molecule has 0 fully saturated rings. The van der Waals surface area contributed by atoms with E-state index in [1.54, 1.807) is 36.4 Å². The molecule has 0 unspecified atom stereocenters. The van der Waals surface area contributed by atoms with Crippen LogP contribution in [-0.2, 0) is 0 Å². The maximum atomic E-state index is 11.2. The van der Waals surface area contributed by atoms with Crippen LogP contribution in [0.3, 0.4) is 0 Å². The lowest BCUT2D eigenvalue weighted by molar-refractivity contribution is 0.100. The minimum absolute atomic E-state index is 0.347. The summed E-state index contributed by atoms with van der Waals surface area (Å²) in [6.07, 6.45) is 0. The molecular weight excluding hydrogens is 268 g/mol. The fourth-order valence-electron chi connectivity index (χ4n) is 1.83. The topological polar surface area (TPSA) is 114 Å². The number of anilines is 3. The number of nitrogens with one attached hydrogen (secondary N) is 1. The highest BCUT2D eigenvalue weighted by atomic mass is 16.5. The number of rotatable bonds is 4. The Kier molecular flexibility index (Phi) is 3.95. The SMILES string of the molecule is COc1cc(C#N)ccc1Nc1cc(C(N)=O)ccc1N. The first-order chi connectivity index (χ1) is 10.0. The van der Waals surface area contributed by atoms with Crippen LogP contribution in [0.2, 0.25) is 0 Å². The number of nitrogens with two attached hydrogens (primary N) is 2. The third kappa shape index (κ3) is 3.04. The van der Waals surface area contributed by atoms with Crippen molar-refractivity contribution in [2.45, 2.75) is 0 Å². The molecule has 5 N–H and O–H groups in total. The number of carbonyl (C=O) groups is 1. The largest absolute Gasteiger partial charge is 0.495 e. The summed E-state index contributed by atoms with van der Waals surface area (Å²) in [6.45, 7) is 0. The number of carbonyl (C=O) groups excluding carboxylic acids is 1. The normalized spacial score (nSPS) is 9.71. The molecule has 6 heteroatoms. The van der Waals surface area contributed by atoms with Gasteiger partial charge in [0, 0.05) is 11.6 Å². The van der Waals surface area contributed by atoms with Gasteiger partial charge in [-0.15, -0.1) is 0 Å². The van der Waals surface area contributed by atoms with E-state index in [1.165, 1.54) is 7.11 Å². The molecule has 6 nitrogen and oxygen atoms in total. The second kappa shape index (κ2) is 5.84. The summed E-state index contributed by atoms with van der Waals surface area (Å²) in [5.41, 5.74) is 13.6. The minimum Gasteiger partial charge on any atom is -0.495 e. The van der Waals surface area contributed by atoms with Gasteiger partial charge in [-0.3, -0.25) is 4.79 Å². The second-order valence-corrected chi connectivity index (χ2v) is 4.32.